The highest BCUT2D eigenvalue weighted by Crippen LogP contribution is 2.18. The van der Waals surface area contributed by atoms with E-state index >= 15 is 0 Å². The number of aryl methyl sites for hydroxylation is 3. The summed E-state index contributed by atoms with van der Waals surface area (Å²) in [6, 6.07) is 0. The molecule has 0 aromatic carbocycles. The van der Waals surface area contributed by atoms with Gasteiger partial charge in [0.1, 0.15) is 16.6 Å². The molecule has 0 radical (unpaired) electrons. The number of aromatic nitrogens is 4. The van der Waals surface area contributed by atoms with E-state index in [0.29, 0.717) is 4.99 Å². The van der Waals surface area contributed by atoms with Crippen LogP contribution in [0.3, 0.4) is 0 Å². The first kappa shape index (κ1) is 10.8. The van der Waals surface area contributed by atoms with Crippen LogP contribution in [0.2, 0.25) is 0 Å². The van der Waals surface area contributed by atoms with Crippen molar-refractivity contribution in [2.45, 2.75) is 13.8 Å². The Kier molecular flexibility index (Phi) is 2.51. The van der Waals surface area contributed by atoms with Gasteiger partial charge in [-0.15, -0.1) is 0 Å². The van der Waals surface area contributed by atoms with Crippen molar-refractivity contribution >= 4 is 17.2 Å². The Morgan fingerprint density at radius 3 is 2.62 bits per heavy atom. The van der Waals surface area contributed by atoms with Gasteiger partial charge >= 0.3 is 0 Å². The lowest BCUT2D eigenvalue weighted by atomic mass is 10.2. The predicted octanol–water partition coefficient (Wildman–Crippen LogP) is 0.857. The van der Waals surface area contributed by atoms with Crippen LogP contribution >= 0.6 is 12.2 Å². The predicted molar refractivity (Wildman–Crippen MR) is 65.7 cm³/mol. The third-order valence-electron chi connectivity index (χ3n) is 2.49. The number of rotatable bonds is 2. The van der Waals surface area contributed by atoms with Crippen molar-refractivity contribution in [3.05, 3.63) is 29.5 Å². The van der Waals surface area contributed by atoms with E-state index in [0.717, 1.165) is 22.9 Å². The summed E-state index contributed by atoms with van der Waals surface area (Å²) in [5, 5.41) is 4.33. The van der Waals surface area contributed by atoms with Crippen LogP contribution in [-0.2, 0) is 7.05 Å². The number of hydrogen-bond acceptors (Lipinski definition) is 3. The van der Waals surface area contributed by atoms with Crippen molar-refractivity contribution in [1.82, 2.24) is 19.3 Å². The molecule has 0 bridgehead atoms. The highest BCUT2D eigenvalue weighted by molar-refractivity contribution is 7.80. The normalized spacial score (nSPS) is 10.7. The minimum atomic E-state index is 0.355. The van der Waals surface area contributed by atoms with Gasteiger partial charge in [-0.05, 0) is 13.8 Å². The Bertz CT molecular complexity index is 552. The molecule has 2 N–H and O–H groups in total. The minimum Gasteiger partial charge on any atom is -0.389 e. The third-order valence-corrected chi connectivity index (χ3v) is 2.70. The van der Waals surface area contributed by atoms with Gasteiger partial charge < -0.3 is 5.73 Å². The number of nitrogens with zero attached hydrogens (tertiary/aromatic N) is 4. The van der Waals surface area contributed by atoms with Crippen molar-refractivity contribution in [3.63, 3.8) is 0 Å². The molecule has 0 aliphatic heterocycles. The molecular weight excluding hydrogens is 222 g/mol. The Morgan fingerprint density at radius 1 is 1.44 bits per heavy atom. The Morgan fingerprint density at radius 2 is 2.12 bits per heavy atom. The summed E-state index contributed by atoms with van der Waals surface area (Å²) >= 11 is 5.06. The maximum atomic E-state index is 5.73. The van der Waals surface area contributed by atoms with E-state index in [-0.39, 0.29) is 0 Å². The zero-order chi connectivity index (χ0) is 11.9. The van der Waals surface area contributed by atoms with Gasteiger partial charge in [0.2, 0.25) is 0 Å². The summed E-state index contributed by atoms with van der Waals surface area (Å²) in [5.74, 6) is 1.74. The highest BCUT2D eigenvalue weighted by Gasteiger charge is 2.17. The SMILES string of the molecule is Cc1nn(C)c(-n2ccnc2C)c1C(N)=S. The lowest BCUT2D eigenvalue weighted by Gasteiger charge is -2.07. The highest BCUT2D eigenvalue weighted by atomic mass is 32.1. The van der Waals surface area contributed by atoms with E-state index < -0.39 is 0 Å². The molecule has 0 aliphatic rings. The Balaban J connectivity index is 2.74. The van der Waals surface area contributed by atoms with Crippen molar-refractivity contribution in [2.24, 2.45) is 12.8 Å². The van der Waals surface area contributed by atoms with E-state index in [2.05, 4.69) is 10.1 Å². The summed E-state index contributed by atoms with van der Waals surface area (Å²) in [5.41, 5.74) is 7.37. The quantitative estimate of drug-likeness (QED) is 0.784. The first-order valence-corrected chi connectivity index (χ1v) is 5.27. The van der Waals surface area contributed by atoms with Crippen LogP contribution in [-0.4, -0.2) is 24.3 Å². The van der Waals surface area contributed by atoms with Gasteiger partial charge in [0.05, 0.1) is 11.3 Å². The maximum Gasteiger partial charge on any atom is 0.146 e. The zero-order valence-electron chi connectivity index (χ0n) is 9.43. The van der Waals surface area contributed by atoms with Crippen molar-refractivity contribution in [3.8, 4) is 5.82 Å². The summed E-state index contributed by atoms with van der Waals surface area (Å²) < 4.78 is 3.69. The molecule has 2 aromatic rings. The van der Waals surface area contributed by atoms with E-state index in [4.69, 9.17) is 18.0 Å². The Labute approximate surface area is 98.9 Å². The molecule has 0 fully saturated rings. The number of hydrogen-bond donors (Lipinski definition) is 1. The molecule has 84 valence electrons. The number of nitrogens with two attached hydrogens (primary N) is 1. The number of thiocarbonyl (C=S) groups is 1. The Hall–Kier alpha value is -1.69. The van der Waals surface area contributed by atoms with Gasteiger partial charge in [0, 0.05) is 19.4 Å². The summed E-state index contributed by atoms with van der Waals surface area (Å²) in [7, 11) is 1.86. The molecule has 2 aromatic heterocycles. The molecule has 0 saturated carbocycles. The monoisotopic (exact) mass is 235 g/mol. The third kappa shape index (κ3) is 1.51. The molecule has 0 atom stereocenters. The van der Waals surface area contributed by atoms with E-state index in [1.807, 2.05) is 31.7 Å². The molecule has 0 unspecified atom stereocenters. The fraction of sp³-hybridized carbons (Fsp3) is 0.300. The molecule has 0 saturated heterocycles. The van der Waals surface area contributed by atoms with Gasteiger partial charge in [-0.3, -0.25) is 9.25 Å². The van der Waals surface area contributed by atoms with E-state index in [9.17, 15) is 0 Å². The maximum absolute atomic E-state index is 5.73. The first-order valence-electron chi connectivity index (χ1n) is 4.86. The molecule has 16 heavy (non-hydrogen) atoms. The minimum absolute atomic E-state index is 0.355. The van der Waals surface area contributed by atoms with Crippen LogP contribution in [0, 0.1) is 13.8 Å². The summed E-state index contributed by atoms with van der Waals surface area (Å²) in [6.07, 6.45) is 3.61. The zero-order valence-corrected chi connectivity index (χ0v) is 10.2. The molecule has 2 rings (SSSR count). The second kappa shape index (κ2) is 3.71. The summed E-state index contributed by atoms with van der Waals surface area (Å²) in [6.45, 7) is 3.82. The van der Waals surface area contributed by atoms with Gasteiger partial charge in [-0.25, -0.2) is 4.98 Å². The second-order valence-electron chi connectivity index (χ2n) is 3.62. The van der Waals surface area contributed by atoms with Crippen LogP contribution in [0.4, 0.5) is 0 Å². The average Bonchev–Trinajstić information content (AvgIpc) is 2.69. The smallest absolute Gasteiger partial charge is 0.146 e. The van der Waals surface area contributed by atoms with Crippen LogP contribution in [0.5, 0.6) is 0 Å². The molecule has 0 amide bonds. The van der Waals surface area contributed by atoms with Gasteiger partial charge in [-0.1, -0.05) is 12.2 Å². The van der Waals surface area contributed by atoms with Crippen molar-refractivity contribution in [1.29, 1.82) is 0 Å². The fourth-order valence-corrected chi connectivity index (χ4v) is 2.05. The fourth-order valence-electron chi connectivity index (χ4n) is 1.81. The topological polar surface area (TPSA) is 61.7 Å². The van der Waals surface area contributed by atoms with Gasteiger partial charge in [0.25, 0.3) is 0 Å². The van der Waals surface area contributed by atoms with Crippen molar-refractivity contribution < 1.29 is 0 Å². The largest absolute Gasteiger partial charge is 0.389 e. The standard InChI is InChI=1S/C10H13N5S/c1-6-8(9(11)16)10(14(3)13-6)15-5-4-12-7(15)2/h4-5H,1-3H3,(H2,11,16). The van der Waals surface area contributed by atoms with Crippen LogP contribution in [0.25, 0.3) is 5.82 Å². The van der Waals surface area contributed by atoms with Gasteiger partial charge in [0.15, 0.2) is 0 Å². The van der Waals surface area contributed by atoms with Crippen molar-refractivity contribution in [2.75, 3.05) is 0 Å². The first-order chi connectivity index (χ1) is 7.52. The number of imidazole rings is 1. The van der Waals surface area contributed by atoms with Gasteiger partial charge in [-0.2, -0.15) is 5.10 Å². The van der Waals surface area contributed by atoms with Crippen LogP contribution in [0.1, 0.15) is 17.1 Å². The van der Waals surface area contributed by atoms with Crippen LogP contribution < -0.4 is 5.73 Å². The molecule has 0 aliphatic carbocycles. The lowest BCUT2D eigenvalue weighted by Crippen LogP contribution is -2.15. The molecule has 0 spiro atoms. The van der Waals surface area contributed by atoms with E-state index in [1.165, 1.54) is 0 Å². The second-order valence-corrected chi connectivity index (χ2v) is 4.06. The molecular formula is C10H13N5S. The van der Waals surface area contributed by atoms with Crippen LogP contribution in [0.15, 0.2) is 12.4 Å². The summed E-state index contributed by atoms with van der Waals surface area (Å²) in [4.78, 5) is 4.54. The van der Waals surface area contributed by atoms with E-state index in [1.54, 1.807) is 10.9 Å². The molecule has 5 nitrogen and oxygen atoms in total. The lowest BCUT2D eigenvalue weighted by molar-refractivity contribution is 0.715. The average molecular weight is 235 g/mol. The molecule has 6 heteroatoms. The molecule has 2 heterocycles.